The predicted molar refractivity (Wildman–Crippen MR) is 70.5 cm³/mol. The van der Waals surface area contributed by atoms with Gasteiger partial charge >= 0.3 is 5.97 Å². The molecule has 1 rings (SSSR count). The van der Waals surface area contributed by atoms with Crippen LogP contribution in [0.25, 0.3) is 0 Å². The zero-order valence-corrected chi connectivity index (χ0v) is 11.9. The third-order valence-corrected chi connectivity index (χ3v) is 2.89. The highest BCUT2D eigenvalue weighted by atomic mass is 16.5. The molecular weight excluding hydrogens is 230 g/mol. The van der Waals surface area contributed by atoms with Crippen LogP contribution in [0.15, 0.2) is 16.5 Å². The van der Waals surface area contributed by atoms with Gasteiger partial charge in [-0.25, -0.2) is 4.79 Å². The summed E-state index contributed by atoms with van der Waals surface area (Å²) in [6.07, 6.45) is 2.04. The fourth-order valence-electron chi connectivity index (χ4n) is 1.76. The fourth-order valence-corrected chi connectivity index (χ4v) is 1.76. The number of nitrogens with one attached hydrogen (secondary N) is 1. The molecule has 0 fully saturated rings. The van der Waals surface area contributed by atoms with Crippen LogP contribution in [0, 0.1) is 5.41 Å². The number of hydrogen-bond donors (Lipinski definition) is 1. The number of furan rings is 1. The van der Waals surface area contributed by atoms with Crippen molar-refractivity contribution in [3.8, 4) is 0 Å². The molecule has 0 radical (unpaired) electrons. The van der Waals surface area contributed by atoms with Crippen LogP contribution < -0.4 is 5.32 Å². The summed E-state index contributed by atoms with van der Waals surface area (Å²) in [6.45, 7) is 6.63. The first-order chi connectivity index (χ1) is 8.37. The van der Waals surface area contributed by atoms with Crippen LogP contribution >= 0.6 is 0 Å². The molecule has 1 aromatic rings. The number of rotatable bonds is 5. The lowest BCUT2D eigenvalue weighted by atomic mass is 9.88. The highest BCUT2D eigenvalue weighted by Crippen LogP contribution is 2.28. The maximum Gasteiger partial charge on any atom is 0.373 e. The van der Waals surface area contributed by atoms with Gasteiger partial charge in [-0.15, -0.1) is 0 Å². The molecule has 0 aromatic carbocycles. The van der Waals surface area contributed by atoms with Gasteiger partial charge in [-0.2, -0.15) is 0 Å². The van der Waals surface area contributed by atoms with E-state index in [9.17, 15) is 4.79 Å². The van der Waals surface area contributed by atoms with Crippen LogP contribution in [0.1, 0.15) is 56.0 Å². The van der Waals surface area contributed by atoms with Gasteiger partial charge in [0.25, 0.3) is 0 Å². The summed E-state index contributed by atoms with van der Waals surface area (Å²) in [4.78, 5) is 11.3. The number of esters is 1. The van der Waals surface area contributed by atoms with Crippen molar-refractivity contribution in [3.05, 3.63) is 23.7 Å². The molecule has 0 amide bonds. The number of methoxy groups -OCH3 is 1. The largest absolute Gasteiger partial charge is 0.463 e. The zero-order valence-electron chi connectivity index (χ0n) is 11.9. The van der Waals surface area contributed by atoms with Crippen molar-refractivity contribution in [2.45, 2.75) is 39.7 Å². The Labute approximate surface area is 109 Å². The zero-order chi connectivity index (χ0) is 13.8. The molecule has 4 heteroatoms. The second-order valence-corrected chi connectivity index (χ2v) is 5.63. The molecule has 1 aromatic heterocycles. The molecule has 1 atom stereocenters. The molecule has 0 bridgehead atoms. The van der Waals surface area contributed by atoms with Crippen LogP contribution in [0.4, 0.5) is 0 Å². The molecule has 0 saturated heterocycles. The molecule has 1 heterocycles. The van der Waals surface area contributed by atoms with E-state index in [-0.39, 0.29) is 17.2 Å². The molecule has 18 heavy (non-hydrogen) atoms. The van der Waals surface area contributed by atoms with Crippen molar-refractivity contribution in [1.82, 2.24) is 5.32 Å². The smallest absolute Gasteiger partial charge is 0.373 e. The van der Waals surface area contributed by atoms with Crippen molar-refractivity contribution >= 4 is 5.97 Å². The first kappa shape index (κ1) is 14.8. The van der Waals surface area contributed by atoms with Gasteiger partial charge in [-0.1, -0.05) is 20.8 Å². The molecule has 4 nitrogen and oxygen atoms in total. The van der Waals surface area contributed by atoms with Crippen molar-refractivity contribution in [2.24, 2.45) is 5.41 Å². The average Bonchev–Trinajstić information content (AvgIpc) is 2.77. The lowest BCUT2D eigenvalue weighted by Crippen LogP contribution is -2.18. The molecular formula is C14H23NO3. The maximum atomic E-state index is 11.3. The monoisotopic (exact) mass is 253 g/mol. The molecule has 102 valence electrons. The summed E-state index contributed by atoms with van der Waals surface area (Å²) >= 11 is 0. The summed E-state index contributed by atoms with van der Waals surface area (Å²) < 4.78 is 10.1. The van der Waals surface area contributed by atoms with Crippen molar-refractivity contribution < 1.29 is 13.9 Å². The average molecular weight is 253 g/mol. The second kappa shape index (κ2) is 6.05. The Hall–Kier alpha value is -1.29. The standard InChI is InChI=1S/C14H23NO3/c1-14(2,3)9-8-10(15-4)11-6-7-12(18-11)13(16)17-5/h6-7,10,15H,8-9H2,1-5H3. The second-order valence-electron chi connectivity index (χ2n) is 5.63. The van der Waals surface area contributed by atoms with Crippen LogP contribution in [-0.4, -0.2) is 20.1 Å². The van der Waals surface area contributed by atoms with Crippen LogP contribution in [0.2, 0.25) is 0 Å². The van der Waals surface area contributed by atoms with Crippen LogP contribution in [-0.2, 0) is 4.74 Å². The van der Waals surface area contributed by atoms with Gasteiger partial charge in [-0.05, 0) is 37.4 Å². The Bertz CT molecular complexity index is 390. The normalized spacial score (nSPS) is 13.4. The highest BCUT2D eigenvalue weighted by Gasteiger charge is 2.20. The Kier molecular flexibility index (Phi) is 4.96. The highest BCUT2D eigenvalue weighted by molar-refractivity contribution is 5.86. The van der Waals surface area contributed by atoms with E-state index in [1.807, 2.05) is 13.1 Å². The van der Waals surface area contributed by atoms with E-state index in [4.69, 9.17) is 4.42 Å². The molecule has 0 aliphatic rings. The Morgan fingerprint density at radius 3 is 2.61 bits per heavy atom. The van der Waals surface area contributed by atoms with Gasteiger partial charge < -0.3 is 14.5 Å². The lowest BCUT2D eigenvalue weighted by Gasteiger charge is -2.21. The Morgan fingerprint density at radius 1 is 1.44 bits per heavy atom. The van der Waals surface area contributed by atoms with E-state index >= 15 is 0 Å². The number of ether oxygens (including phenoxy) is 1. The first-order valence-electron chi connectivity index (χ1n) is 6.22. The fraction of sp³-hybridized carbons (Fsp3) is 0.643. The first-order valence-corrected chi connectivity index (χ1v) is 6.22. The third kappa shape index (κ3) is 4.18. The summed E-state index contributed by atoms with van der Waals surface area (Å²) in [7, 11) is 3.24. The lowest BCUT2D eigenvalue weighted by molar-refractivity contribution is 0.0561. The van der Waals surface area contributed by atoms with E-state index in [1.54, 1.807) is 6.07 Å². The molecule has 1 N–H and O–H groups in total. The topological polar surface area (TPSA) is 51.5 Å². The van der Waals surface area contributed by atoms with Crippen molar-refractivity contribution in [3.63, 3.8) is 0 Å². The van der Waals surface area contributed by atoms with E-state index in [0.29, 0.717) is 0 Å². The number of carbonyl (C=O) groups excluding carboxylic acids is 1. The number of carbonyl (C=O) groups is 1. The van der Waals surface area contributed by atoms with E-state index in [2.05, 4.69) is 30.8 Å². The molecule has 0 aliphatic carbocycles. The third-order valence-electron chi connectivity index (χ3n) is 2.89. The molecule has 0 saturated carbocycles. The minimum atomic E-state index is -0.438. The molecule has 1 unspecified atom stereocenters. The Balaban J connectivity index is 2.71. The van der Waals surface area contributed by atoms with Crippen LogP contribution in [0.3, 0.4) is 0 Å². The van der Waals surface area contributed by atoms with E-state index in [1.165, 1.54) is 7.11 Å². The van der Waals surface area contributed by atoms with Gasteiger partial charge in [0.2, 0.25) is 5.76 Å². The van der Waals surface area contributed by atoms with Gasteiger partial charge in [-0.3, -0.25) is 0 Å². The van der Waals surface area contributed by atoms with Crippen molar-refractivity contribution in [1.29, 1.82) is 0 Å². The minimum Gasteiger partial charge on any atom is -0.463 e. The maximum absolute atomic E-state index is 11.3. The van der Waals surface area contributed by atoms with Gasteiger partial charge in [0.05, 0.1) is 13.2 Å². The molecule has 0 spiro atoms. The molecule has 0 aliphatic heterocycles. The van der Waals surface area contributed by atoms with Gasteiger partial charge in [0.15, 0.2) is 0 Å². The summed E-state index contributed by atoms with van der Waals surface area (Å²) in [5, 5.41) is 3.22. The summed E-state index contributed by atoms with van der Waals surface area (Å²) in [6, 6.07) is 3.61. The minimum absolute atomic E-state index is 0.127. The number of hydrogen-bond acceptors (Lipinski definition) is 4. The van der Waals surface area contributed by atoms with Crippen molar-refractivity contribution in [2.75, 3.05) is 14.2 Å². The summed E-state index contributed by atoms with van der Waals surface area (Å²) in [5.74, 6) is 0.595. The van der Waals surface area contributed by atoms with E-state index in [0.717, 1.165) is 18.6 Å². The quantitative estimate of drug-likeness (QED) is 0.819. The van der Waals surface area contributed by atoms with Gasteiger partial charge in [0, 0.05) is 0 Å². The van der Waals surface area contributed by atoms with Gasteiger partial charge in [0.1, 0.15) is 5.76 Å². The van der Waals surface area contributed by atoms with E-state index < -0.39 is 5.97 Å². The predicted octanol–water partition coefficient (Wildman–Crippen LogP) is 3.15. The summed E-state index contributed by atoms with van der Waals surface area (Å²) in [5.41, 5.74) is 0.285. The Morgan fingerprint density at radius 2 is 2.11 bits per heavy atom. The SMILES string of the molecule is CNC(CCC(C)(C)C)c1ccc(C(=O)OC)o1. The van der Waals surface area contributed by atoms with Crippen LogP contribution in [0.5, 0.6) is 0 Å².